The number of nitrogen functional groups attached to an aromatic ring is 1. The van der Waals surface area contributed by atoms with Crippen molar-refractivity contribution in [1.82, 2.24) is 0 Å². The molecule has 1 aromatic rings. The first kappa shape index (κ1) is 9.90. The molecule has 0 aliphatic rings. The Balaban J connectivity index is 2.32. The van der Waals surface area contributed by atoms with E-state index in [1.54, 1.807) is 0 Å². The van der Waals surface area contributed by atoms with Gasteiger partial charge in [-0.1, -0.05) is 31.9 Å². The van der Waals surface area contributed by atoms with Gasteiger partial charge in [0, 0.05) is 0 Å². The molecule has 0 aromatic heterocycles. The summed E-state index contributed by atoms with van der Waals surface area (Å²) < 4.78 is 5.51. The Hall–Kier alpha value is -1.18. The zero-order chi connectivity index (χ0) is 9.52. The quantitative estimate of drug-likeness (QED) is 0.557. The van der Waals surface area contributed by atoms with Crippen molar-refractivity contribution >= 4 is 5.69 Å². The van der Waals surface area contributed by atoms with E-state index >= 15 is 0 Å². The Morgan fingerprint density at radius 2 is 2.00 bits per heavy atom. The third-order valence-electron chi connectivity index (χ3n) is 1.92. The number of para-hydroxylation sites is 2. The minimum atomic E-state index is 0.721. The van der Waals surface area contributed by atoms with E-state index in [1.807, 2.05) is 24.3 Å². The van der Waals surface area contributed by atoms with Crippen LogP contribution >= 0.6 is 0 Å². The van der Waals surface area contributed by atoms with Gasteiger partial charge in [-0.2, -0.15) is 0 Å². The van der Waals surface area contributed by atoms with Gasteiger partial charge in [0.1, 0.15) is 5.75 Å². The van der Waals surface area contributed by atoms with Gasteiger partial charge in [-0.3, -0.25) is 0 Å². The van der Waals surface area contributed by atoms with Gasteiger partial charge in [0.15, 0.2) is 0 Å². The summed E-state index contributed by atoms with van der Waals surface area (Å²) in [5.74, 6) is 0.804. The van der Waals surface area contributed by atoms with Crippen LogP contribution in [0, 0.1) is 0 Å². The van der Waals surface area contributed by atoms with E-state index in [2.05, 4.69) is 6.92 Å². The number of rotatable bonds is 5. The number of hydrogen-bond donors (Lipinski definition) is 1. The molecule has 0 bridgehead atoms. The van der Waals surface area contributed by atoms with Crippen molar-refractivity contribution in [3.8, 4) is 5.75 Å². The van der Waals surface area contributed by atoms with Gasteiger partial charge in [0.05, 0.1) is 12.3 Å². The summed E-state index contributed by atoms with van der Waals surface area (Å²) in [5.41, 5.74) is 6.43. The summed E-state index contributed by atoms with van der Waals surface area (Å²) in [6, 6.07) is 7.61. The first-order valence-electron chi connectivity index (χ1n) is 4.82. The first-order valence-corrected chi connectivity index (χ1v) is 4.82. The van der Waals surface area contributed by atoms with Crippen LogP contribution in [0.3, 0.4) is 0 Å². The van der Waals surface area contributed by atoms with Gasteiger partial charge >= 0.3 is 0 Å². The third kappa shape index (κ3) is 3.36. The highest BCUT2D eigenvalue weighted by molar-refractivity contribution is 5.51. The van der Waals surface area contributed by atoms with Crippen molar-refractivity contribution in [2.45, 2.75) is 26.2 Å². The fraction of sp³-hybridized carbons (Fsp3) is 0.455. The van der Waals surface area contributed by atoms with Crippen LogP contribution in [0.5, 0.6) is 5.75 Å². The normalized spacial score (nSPS) is 9.92. The summed E-state index contributed by atoms with van der Waals surface area (Å²) in [6.07, 6.45) is 3.53. The van der Waals surface area contributed by atoms with E-state index in [0.717, 1.165) is 24.5 Å². The lowest BCUT2D eigenvalue weighted by Gasteiger charge is -2.07. The fourth-order valence-electron chi connectivity index (χ4n) is 1.15. The predicted octanol–water partition coefficient (Wildman–Crippen LogP) is 2.84. The summed E-state index contributed by atoms with van der Waals surface area (Å²) >= 11 is 0. The van der Waals surface area contributed by atoms with E-state index in [-0.39, 0.29) is 0 Å². The predicted molar refractivity (Wildman–Crippen MR) is 55.9 cm³/mol. The van der Waals surface area contributed by atoms with E-state index in [0.29, 0.717) is 0 Å². The monoisotopic (exact) mass is 179 g/mol. The molecule has 0 saturated heterocycles. The summed E-state index contributed by atoms with van der Waals surface area (Å²) in [4.78, 5) is 0. The number of anilines is 1. The lowest BCUT2D eigenvalue weighted by Crippen LogP contribution is -1.99. The molecule has 0 fully saturated rings. The standard InChI is InChI=1S/C11H17NO/c1-2-3-6-9-13-11-8-5-4-7-10(11)12/h4-5,7-8H,2-3,6,9,12H2,1H3. The highest BCUT2D eigenvalue weighted by atomic mass is 16.5. The third-order valence-corrected chi connectivity index (χ3v) is 1.92. The number of ether oxygens (including phenoxy) is 1. The lowest BCUT2D eigenvalue weighted by atomic mass is 10.2. The molecule has 2 nitrogen and oxygen atoms in total. The number of benzene rings is 1. The van der Waals surface area contributed by atoms with Crippen LogP contribution < -0.4 is 10.5 Å². The average Bonchev–Trinajstić information content (AvgIpc) is 2.15. The Bertz CT molecular complexity index is 248. The molecule has 0 aliphatic carbocycles. The number of unbranched alkanes of at least 4 members (excludes halogenated alkanes) is 2. The van der Waals surface area contributed by atoms with Crippen molar-refractivity contribution < 1.29 is 4.74 Å². The van der Waals surface area contributed by atoms with E-state index in [1.165, 1.54) is 12.8 Å². The second kappa shape index (κ2) is 5.46. The first-order chi connectivity index (χ1) is 6.34. The SMILES string of the molecule is CCCCCOc1ccccc1N. The Morgan fingerprint density at radius 3 is 2.69 bits per heavy atom. The van der Waals surface area contributed by atoms with Gasteiger partial charge in [-0.15, -0.1) is 0 Å². The van der Waals surface area contributed by atoms with E-state index in [9.17, 15) is 0 Å². The van der Waals surface area contributed by atoms with Gasteiger partial charge in [0.2, 0.25) is 0 Å². The molecule has 13 heavy (non-hydrogen) atoms. The van der Waals surface area contributed by atoms with Gasteiger partial charge < -0.3 is 10.5 Å². The molecular formula is C11H17NO. The van der Waals surface area contributed by atoms with Crippen molar-refractivity contribution in [3.63, 3.8) is 0 Å². The van der Waals surface area contributed by atoms with Crippen molar-refractivity contribution in [2.75, 3.05) is 12.3 Å². The van der Waals surface area contributed by atoms with Gasteiger partial charge in [-0.05, 0) is 18.6 Å². The summed E-state index contributed by atoms with van der Waals surface area (Å²) in [7, 11) is 0. The number of hydrogen-bond acceptors (Lipinski definition) is 2. The maximum Gasteiger partial charge on any atom is 0.142 e. The van der Waals surface area contributed by atoms with Crippen LogP contribution in [-0.4, -0.2) is 6.61 Å². The second-order valence-electron chi connectivity index (χ2n) is 3.09. The molecule has 0 radical (unpaired) electrons. The zero-order valence-corrected chi connectivity index (χ0v) is 8.12. The Kier molecular flexibility index (Phi) is 4.16. The lowest BCUT2D eigenvalue weighted by molar-refractivity contribution is 0.308. The molecule has 0 unspecified atom stereocenters. The van der Waals surface area contributed by atoms with Gasteiger partial charge in [-0.25, -0.2) is 0 Å². The van der Waals surface area contributed by atoms with E-state index in [4.69, 9.17) is 10.5 Å². The molecule has 72 valence electrons. The summed E-state index contributed by atoms with van der Waals surface area (Å²) in [5, 5.41) is 0. The minimum Gasteiger partial charge on any atom is -0.491 e. The van der Waals surface area contributed by atoms with Crippen LogP contribution in [0.15, 0.2) is 24.3 Å². The van der Waals surface area contributed by atoms with E-state index < -0.39 is 0 Å². The Labute approximate surface area is 79.7 Å². The molecule has 1 aromatic carbocycles. The van der Waals surface area contributed by atoms with Gasteiger partial charge in [0.25, 0.3) is 0 Å². The largest absolute Gasteiger partial charge is 0.491 e. The zero-order valence-electron chi connectivity index (χ0n) is 8.12. The molecular weight excluding hydrogens is 162 g/mol. The molecule has 2 N–H and O–H groups in total. The topological polar surface area (TPSA) is 35.2 Å². The molecule has 0 saturated carbocycles. The molecule has 1 rings (SSSR count). The maximum atomic E-state index is 5.71. The van der Waals surface area contributed by atoms with Crippen LogP contribution in [-0.2, 0) is 0 Å². The second-order valence-corrected chi connectivity index (χ2v) is 3.09. The molecule has 0 amide bonds. The van der Waals surface area contributed by atoms with Crippen LogP contribution in [0.2, 0.25) is 0 Å². The highest BCUT2D eigenvalue weighted by Crippen LogP contribution is 2.19. The average molecular weight is 179 g/mol. The minimum absolute atomic E-state index is 0.721. The molecule has 2 heteroatoms. The number of nitrogens with two attached hydrogens (primary N) is 1. The fourth-order valence-corrected chi connectivity index (χ4v) is 1.15. The molecule has 0 spiro atoms. The maximum absolute atomic E-state index is 5.71. The molecule has 0 aliphatic heterocycles. The van der Waals surface area contributed by atoms with Crippen molar-refractivity contribution in [1.29, 1.82) is 0 Å². The molecule has 0 heterocycles. The van der Waals surface area contributed by atoms with Crippen LogP contribution in [0.1, 0.15) is 26.2 Å². The Morgan fingerprint density at radius 1 is 1.23 bits per heavy atom. The van der Waals surface area contributed by atoms with Crippen molar-refractivity contribution in [2.24, 2.45) is 0 Å². The van der Waals surface area contributed by atoms with Crippen LogP contribution in [0.25, 0.3) is 0 Å². The highest BCUT2D eigenvalue weighted by Gasteiger charge is 1.96. The smallest absolute Gasteiger partial charge is 0.142 e. The molecule has 0 atom stereocenters. The summed E-state index contributed by atoms with van der Waals surface area (Å²) in [6.45, 7) is 2.94. The van der Waals surface area contributed by atoms with Crippen molar-refractivity contribution in [3.05, 3.63) is 24.3 Å². The van der Waals surface area contributed by atoms with Crippen LogP contribution in [0.4, 0.5) is 5.69 Å².